The summed E-state index contributed by atoms with van der Waals surface area (Å²) in [6.45, 7) is 2.09. The number of piperidine rings is 1. The first-order valence-electron chi connectivity index (χ1n) is 8.10. The number of nitrogens with zero attached hydrogens (tertiary/aromatic N) is 2. The average molecular weight is 375 g/mol. The average Bonchev–Trinajstić information content (AvgIpc) is 2.55. The Balaban J connectivity index is 0.000000660. The van der Waals surface area contributed by atoms with Crippen LogP contribution in [0.2, 0.25) is 0 Å². The molecule has 26 heavy (non-hydrogen) atoms. The monoisotopic (exact) mass is 375 g/mol. The summed E-state index contributed by atoms with van der Waals surface area (Å²) < 4.78 is 0. The van der Waals surface area contributed by atoms with Gasteiger partial charge in [0.15, 0.2) is 0 Å². The molecule has 11 nitrogen and oxygen atoms in total. The predicted molar refractivity (Wildman–Crippen MR) is 89.9 cm³/mol. The zero-order valence-corrected chi connectivity index (χ0v) is 14.6. The van der Waals surface area contributed by atoms with Gasteiger partial charge in [-0.15, -0.1) is 10.1 Å². The molecule has 1 heterocycles. The first-order valence-corrected chi connectivity index (χ1v) is 8.10. The highest BCUT2D eigenvalue weighted by Crippen LogP contribution is 2.08. The second-order valence-corrected chi connectivity index (χ2v) is 5.67. The largest absolute Gasteiger partial charge is 0.478 e. The number of hydrogen-bond donors (Lipinski definition) is 3. The van der Waals surface area contributed by atoms with Crippen LogP contribution in [0.5, 0.6) is 0 Å². The van der Waals surface area contributed by atoms with E-state index in [2.05, 4.69) is 22.1 Å². The molecular formula is C15H25N3O8. The van der Waals surface area contributed by atoms with E-state index in [-0.39, 0.29) is 18.6 Å². The fraction of sp³-hybridized carbons (Fsp3) is 0.667. The maximum absolute atomic E-state index is 11.6. The van der Waals surface area contributed by atoms with Crippen LogP contribution < -0.4 is 5.32 Å². The second kappa shape index (κ2) is 13.6. The third kappa shape index (κ3) is 14.9. The molecule has 0 unspecified atom stereocenters. The van der Waals surface area contributed by atoms with Crippen molar-refractivity contribution in [3.63, 3.8) is 0 Å². The molecule has 1 aliphatic rings. The minimum atomic E-state index is -1.26. The molecule has 0 aliphatic carbocycles. The van der Waals surface area contributed by atoms with Crippen molar-refractivity contribution in [2.45, 2.75) is 38.1 Å². The van der Waals surface area contributed by atoms with Crippen molar-refractivity contribution in [1.29, 1.82) is 0 Å². The number of unbranched alkanes of at least 4 members (excludes halogenated alkanes) is 1. The lowest BCUT2D eigenvalue weighted by atomic mass is 10.1. The molecule has 0 aromatic heterocycles. The zero-order chi connectivity index (χ0) is 19.9. The van der Waals surface area contributed by atoms with E-state index in [1.54, 1.807) is 0 Å². The Morgan fingerprint density at radius 3 is 2.19 bits per heavy atom. The summed E-state index contributed by atoms with van der Waals surface area (Å²) in [6.07, 6.45) is 4.66. The van der Waals surface area contributed by atoms with Gasteiger partial charge in [0.1, 0.15) is 0 Å². The van der Waals surface area contributed by atoms with Gasteiger partial charge in [0.05, 0.1) is 6.61 Å². The minimum absolute atomic E-state index is 0.0330. The molecule has 11 heteroatoms. The van der Waals surface area contributed by atoms with Gasteiger partial charge in [-0.2, -0.15) is 0 Å². The summed E-state index contributed by atoms with van der Waals surface area (Å²) in [5.74, 6) is -2.48. The van der Waals surface area contributed by atoms with Gasteiger partial charge in [-0.05, 0) is 45.8 Å². The van der Waals surface area contributed by atoms with E-state index in [4.69, 9.17) is 10.2 Å². The summed E-state index contributed by atoms with van der Waals surface area (Å²) in [6, 6.07) is 0.281. The van der Waals surface area contributed by atoms with Crippen LogP contribution in [0.15, 0.2) is 12.2 Å². The molecule has 0 atom stereocenters. The fourth-order valence-corrected chi connectivity index (χ4v) is 2.12. The SMILES string of the molecule is CN1CCC(NC(=O)CCCCO[N+](=O)[O-])CC1.O=C(O)/C=C/C(=O)O. The minimum Gasteiger partial charge on any atom is -0.478 e. The van der Waals surface area contributed by atoms with Gasteiger partial charge in [-0.1, -0.05) is 0 Å². The number of aliphatic carboxylic acids is 2. The van der Waals surface area contributed by atoms with E-state index in [1.165, 1.54) is 0 Å². The molecule has 1 saturated heterocycles. The van der Waals surface area contributed by atoms with E-state index < -0.39 is 17.0 Å². The Labute approximate surface area is 150 Å². The Morgan fingerprint density at radius 2 is 1.73 bits per heavy atom. The molecule has 1 fully saturated rings. The van der Waals surface area contributed by atoms with E-state index in [0.29, 0.717) is 31.4 Å². The van der Waals surface area contributed by atoms with Gasteiger partial charge < -0.3 is 25.3 Å². The summed E-state index contributed by atoms with van der Waals surface area (Å²) in [4.78, 5) is 47.0. The number of carbonyl (C=O) groups excluding carboxylic acids is 1. The molecule has 0 saturated carbocycles. The number of carbonyl (C=O) groups is 3. The van der Waals surface area contributed by atoms with Crippen LogP contribution in [0.25, 0.3) is 0 Å². The van der Waals surface area contributed by atoms with Crippen LogP contribution in [0.1, 0.15) is 32.1 Å². The maximum Gasteiger partial charge on any atom is 0.328 e. The lowest BCUT2D eigenvalue weighted by molar-refractivity contribution is -0.757. The van der Waals surface area contributed by atoms with Crippen molar-refractivity contribution >= 4 is 17.8 Å². The molecule has 0 spiro atoms. The second-order valence-electron chi connectivity index (χ2n) is 5.67. The van der Waals surface area contributed by atoms with E-state index in [9.17, 15) is 24.5 Å². The summed E-state index contributed by atoms with van der Waals surface area (Å²) in [5, 5.41) is 27.7. The Kier molecular flexibility index (Phi) is 12.2. The lowest BCUT2D eigenvalue weighted by Gasteiger charge is -2.29. The smallest absolute Gasteiger partial charge is 0.328 e. The molecule has 0 aromatic rings. The maximum atomic E-state index is 11.6. The molecule has 148 valence electrons. The first-order chi connectivity index (χ1) is 12.2. The topological polar surface area (TPSA) is 159 Å². The molecule has 0 radical (unpaired) electrons. The van der Waals surface area contributed by atoms with Crippen molar-refractivity contribution in [3.05, 3.63) is 22.3 Å². The van der Waals surface area contributed by atoms with Crippen molar-refractivity contribution in [3.8, 4) is 0 Å². The number of hydrogen-bond acceptors (Lipinski definition) is 7. The Hall–Kier alpha value is -2.69. The van der Waals surface area contributed by atoms with Crippen molar-refractivity contribution in [2.75, 3.05) is 26.7 Å². The number of nitrogens with one attached hydrogen (secondary N) is 1. The molecular weight excluding hydrogens is 350 g/mol. The van der Waals surface area contributed by atoms with Gasteiger partial charge >= 0.3 is 11.9 Å². The van der Waals surface area contributed by atoms with Gasteiger partial charge in [-0.3, -0.25) is 4.79 Å². The zero-order valence-electron chi connectivity index (χ0n) is 14.6. The van der Waals surface area contributed by atoms with Crippen LogP contribution in [0.4, 0.5) is 0 Å². The van der Waals surface area contributed by atoms with Crippen LogP contribution in [-0.2, 0) is 19.2 Å². The molecule has 1 rings (SSSR count). The van der Waals surface area contributed by atoms with Gasteiger partial charge in [-0.25, -0.2) is 9.59 Å². The highest BCUT2D eigenvalue weighted by Gasteiger charge is 2.17. The van der Waals surface area contributed by atoms with Crippen LogP contribution in [0.3, 0.4) is 0 Å². The van der Waals surface area contributed by atoms with E-state index in [0.717, 1.165) is 25.9 Å². The molecule has 1 amide bonds. The van der Waals surface area contributed by atoms with Gasteiger partial charge in [0, 0.05) is 24.6 Å². The highest BCUT2D eigenvalue weighted by molar-refractivity contribution is 5.89. The molecule has 3 N–H and O–H groups in total. The van der Waals surface area contributed by atoms with E-state index in [1.807, 2.05) is 0 Å². The van der Waals surface area contributed by atoms with Crippen molar-refractivity contribution in [2.24, 2.45) is 0 Å². The highest BCUT2D eigenvalue weighted by atomic mass is 16.9. The third-order valence-electron chi connectivity index (χ3n) is 3.45. The summed E-state index contributed by atoms with van der Waals surface area (Å²) in [7, 11) is 2.08. The third-order valence-corrected chi connectivity index (χ3v) is 3.45. The number of carboxylic acids is 2. The van der Waals surface area contributed by atoms with Crippen molar-refractivity contribution < 1.29 is 34.5 Å². The van der Waals surface area contributed by atoms with E-state index >= 15 is 0 Å². The summed E-state index contributed by atoms with van der Waals surface area (Å²) >= 11 is 0. The van der Waals surface area contributed by atoms with Crippen molar-refractivity contribution in [1.82, 2.24) is 10.2 Å². The Bertz CT molecular complexity index is 485. The number of carboxylic acid groups (broad SMARTS) is 2. The predicted octanol–water partition coefficient (Wildman–Crippen LogP) is 0.287. The number of rotatable bonds is 9. The number of amides is 1. The fourth-order valence-electron chi connectivity index (χ4n) is 2.12. The first kappa shape index (κ1) is 23.3. The quantitative estimate of drug-likeness (QED) is 0.223. The van der Waals surface area contributed by atoms with Crippen LogP contribution in [0, 0.1) is 10.1 Å². The number of likely N-dealkylation sites (tertiary alicyclic amines) is 1. The summed E-state index contributed by atoms with van der Waals surface area (Å²) in [5.41, 5.74) is 0. The standard InChI is InChI=1S/C11H21N3O4.C4H4O4/c1-13-7-5-10(6-8-13)12-11(15)4-2-3-9-18-14(16)17;5-3(6)1-2-4(7)8/h10H,2-9H2,1H3,(H,12,15);1-2H,(H,5,6)(H,7,8)/b;2-1+. The molecule has 1 aliphatic heterocycles. The molecule has 0 aromatic carbocycles. The molecule has 0 bridgehead atoms. The lowest BCUT2D eigenvalue weighted by Crippen LogP contribution is -2.43. The van der Waals surface area contributed by atoms with Gasteiger partial charge in [0.25, 0.3) is 5.09 Å². The Morgan fingerprint density at radius 1 is 1.19 bits per heavy atom. The normalized spacial score (nSPS) is 15.0. The van der Waals surface area contributed by atoms with Crippen LogP contribution in [-0.4, -0.2) is 70.8 Å². The van der Waals surface area contributed by atoms with Crippen LogP contribution >= 0.6 is 0 Å². The van der Waals surface area contributed by atoms with Gasteiger partial charge in [0.2, 0.25) is 5.91 Å².